The van der Waals surface area contributed by atoms with E-state index in [2.05, 4.69) is 5.32 Å². The molecule has 1 aromatic carbocycles. The molecule has 1 unspecified atom stereocenters. The van der Waals surface area contributed by atoms with Gasteiger partial charge in [-0.3, -0.25) is 9.59 Å². The quantitative estimate of drug-likeness (QED) is 0.786. The molecular weight excluding hydrogens is 290 g/mol. The molecule has 2 amide bonds. The molecule has 0 saturated carbocycles. The number of nitrogens with two attached hydrogens (primary N) is 1. The van der Waals surface area contributed by atoms with E-state index in [9.17, 15) is 9.59 Å². The van der Waals surface area contributed by atoms with E-state index in [0.717, 1.165) is 12.1 Å². The molecule has 0 bridgehead atoms. The Hall–Kier alpha value is -2.14. The Morgan fingerprint density at radius 3 is 2.74 bits per heavy atom. The Labute approximate surface area is 137 Å². The average Bonchev–Trinajstić information content (AvgIpc) is 3.01. The number of para-hydroxylation sites is 1. The van der Waals surface area contributed by atoms with Gasteiger partial charge in [0, 0.05) is 24.4 Å². The normalized spacial score (nSPS) is 16.2. The van der Waals surface area contributed by atoms with Crippen LogP contribution in [-0.4, -0.2) is 30.4 Å². The number of nitrogens with one attached hydrogen (secondary N) is 1. The largest absolute Gasteiger partial charge is 0.349 e. The lowest BCUT2D eigenvalue weighted by Crippen LogP contribution is -2.44. The van der Waals surface area contributed by atoms with Crippen LogP contribution in [0.25, 0.3) is 0 Å². The molecule has 0 spiro atoms. The van der Waals surface area contributed by atoms with Crippen molar-refractivity contribution in [3.63, 3.8) is 0 Å². The van der Waals surface area contributed by atoms with Crippen molar-refractivity contribution in [3.05, 3.63) is 42.0 Å². The second-order valence-corrected chi connectivity index (χ2v) is 5.77. The Morgan fingerprint density at radius 2 is 2.04 bits per heavy atom. The highest BCUT2D eigenvalue weighted by Crippen LogP contribution is 2.27. The van der Waals surface area contributed by atoms with E-state index in [0.29, 0.717) is 19.4 Å². The van der Waals surface area contributed by atoms with Crippen molar-refractivity contribution in [3.8, 4) is 0 Å². The van der Waals surface area contributed by atoms with E-state index >= 15 is 0 Å². The fourth-order valence-corrected chi connectivity index (χ4v) is 2.62. The van der Waals surface area contributed by atoms with Crippen LogP contribution in [0.2, 0.25) is 0 Å². The molecule has 1 aromatic rings. The van der Waals surface area contributed by atoms with E-state index in [1.165, 1.54) is 5.56 Å². The summed E-state index contributed by atoms with van der Waals surface area (Å²) in [4.78, 5) is 26.0. The minimum Gasteiger partial charge on any atom is -0.349 e. The third-order valence-corrected chi connectivity index (χ3v) is 4.17. The van der Waals surface area contributed by atoms with Crippen LogP contribution in [0, 0.1) is 0 Å². The molecule has 5 heteroatoms. The third kappa shape index (κ3) is 4.20. The van der Waals surface area contributed by atoms with Crippen molar-refractivity contribution in [1.29, 1.82) is 0 Å². The van der Waals surface area contributed by atoms with Gasteiger partial charge in [0.15, 0.2) is 0 Å². The van der Waals surface area contributed by atoms with Gasteiger partial charge < -0.3 is 16.0 Å². The molecule has 5 nitrogen and oxygen atoms in total. The van der Waals surface area contributed by atoms with Gasteiger partial charge in [-0.05, 0) is 30.9 Å². The zero-order chi connectivity index (χ0) is 16.8. The number of rotatable bonds is 6. The van der Waals surface area contributed by atoms with Gasteiger partial charge in [-0.1, -0.05) is 38.1 Å². The second kappa shape index (κ2) is 7.92. The molecule has 0 aromatic heterocycles. The van der Waals surface area contributed by atoms with E-state index in [1.807, 2.05) is 38.1 Å². The van der Waals surface area contributed by atoms with Gasteiger partial charge in [-0.25, -0.2) is 0 Å². The summed E-state index contributed by atoms with van der Waals surface area (Å²) in [6.45, 7) is 4.53. The van der Waals surface area contributed by atoms with Gasteiger partial charge in [0.2, 0.25) is 5.91 Å². The molecule has 1 aliphatic heterocycles. The van der Waals surface area contributed by atoms with Gasteiger partial charge >= 0.3 is 0 Å². The summed E-state index contributed by atoms with van der Waals surface area (Å²) in [5, 5.41) is 2.86. The summed E-state index contributed by atoms with van der Waals surface area (Å²) < 4.78 is 0. The molecule has 124 valence electrons. The fourth-order valence-electron chi connectivity index (χ4n) is 2.62. The maximum atomic E-state index is 12.4. The van der Waals surface area contributed by atoms with Crippen LogP contribution in [0.5, 0.6) is 0 Å². The zero-order valence-corrected chi connectivity index (χ0v) is 13.8. The monoisotopic (exact) mass is 315 g/mol. The SMILES string of the molecule is CCC(C=CC(=O)N1CCc2ccccc21)NC(=O)[C@@H](N)CC. The Morgan fingerprint density at radius 1 is 1.30 bits per heavy atom. The van der Waals surface area contributed by atoms with E-state index < -0.39 is 6.04 Å². The lowest BCUT2D eigenvalue weighted by Gasteiger charge is -2.17. The Kier molecular flexibility index (Phi) is 5.93. The molecule has 0 fully saturated rings. The first kappa shape index (κ1) is 17.2. The van der Waals surface area contributed by atoms with Crippen LogP contribution >= 0.6 is 0 Å². The van der Waals surface area contributed by atoms with Crippen molar-refractivity contribution >= 4 is 17.5 Å². The highest BCUT2D eigenvalue weighted by Gasteiger charge is 2.22. The van der Waals surface area contributed by atoms with Gasteiger partial charge in [-0.2, -0.15) is 0 Å². The molecule has 3 N–H and O–H groups in total. The first-order valence-corrected chi connectivity index (χ1v) is 8.20. The van der Waals surface area contributed by atoms with E-state index in [1.54, 1.807) is 17.1 Å². The van der Waals surface area contributed by atoms with E-state index in [4.69, 9.17) is 5.73 Å². The molecule has 1 heterocycles. The molecule has 2 rings (SSSR count). The van der Waals surface area contributed by atoms with Crippen molar-refractivity contribution in [2.45, 2.75) is 45.2 Å². The smallest absolute Gasteiger partial charge is 0.250 e. The summed E-state index contributed by atoms with van der Waals surface area (Å²) in [5.41, 5.74) is 7.89. The molecule has 0 saturated heterocycles. The number of carbonyl (C=O) groups excluding carboxylic acids is 2. The Balaban J connectivity index is 1.98. The van der Waals surface area contributed by atoms with Crippen LogP contribution < -0.4 is 16.0 Å². The maximum absolute atomic E-state index is 12.4. The first-order valence-electron chi connectivity index (χ1n) is 8.20. The highest BCUT2D eigenvalue weighted by molar-refractivity contribution is 6.03. The van der Waals surface area contributed by atoms with Crippen molar-refractivity contribution in [1.82, 2.24) is 5.32 Å². The van der Waals surface area contributed by atoms with E-state index in [-0.39, 0.29) is 17.9 Å². The minimum absolute atomic E-state index is 0.0533. The standard InChI is InChI=1S/C18H25N3O2/c1-3-14(20-18(23)15(19)4-2)9-10-17(22)21-12-11-13-7-5-6-8-16(13)21/h5-10,14-15H,3-4,11-12,19H2,1-2H3,(H,20,23)/t14?,15-/m0/s1. The number of amides is 2. The van der Waals surface area contributed by atoms with Crippen LogP contribution in [0.3, 0.4) is 0 Å². The van der Waals surface area contributed by atoms with Crippen molar-refractivity contribution in [2.75, 3.05) is 11.4 Å². The molecule has 2 atom stereocenters. The Bertz CT molecular complexity index is 598. The van der Waals surface area contributed by atoms with Gasteiger partial charge in [0.05, 0.1) is 6.04 Å². The molecule has 0 aliphatic carbocycles. The highest BCUT2D eigenvalue weighted by atomic mass is 16.2. The number of hydrogen-bond donors (Lipinski definition) is 2. The van der Waals surface area contributed by atoms with Crippen LogP contribution in [0.4, 0.5) is 5.69 Å². The molecule has 0 radical (unpaired) electrons. The van der Waals surface area contributed by atoms with Gasteiger partial charge in [0.1, 0.15) is 0 Å². The summed E-state index contributed by atoms with van der Waals surface area (Å²) in [6, 6.07) is 7.26. The minimum atomic E-state index is -0.501. The summed E-state index contributed by atoms with van der Waals surface area (Å²) in [7, 11) is 0. The number of carbonyl (C=O) groups is 2. The second-order valence-electron chi connectivity index (χ2n) is 5.77. The van der Waals surface area contributed by atoms with Crippen LogP contribution in [-0.2, 0) is 16.0 Å². The van der Waals surface area contributed by atoms with Crippen molar-refractivity contribution in [2.24, 2.45) is 5.73 Å². The average molecular weight is 315 g/mol. The number of benzene rings is 1. The first-order chi connectivity index (χ1) is 11.1. The van der Waals surface area contributed by atoms with Crippen LogP contribution in [0.1, 0.15) is 32.3 Å². The zero-order valence-electron chi connectivity index (χ0n) is 13.8. The van der Waals surface area contributed by atoms with Crippen LogP contribution in [0.15, 0.2) is 36.4 Å². The van der Waals surface area contributed by atoms with Crippen molar-refractivity contribution < 1.29 is 9.59 Å². The van der Waals surface area contributed by atoms with Gasteiger partial charge in [0.25, 0.3) is 5.91 Å². The molecule has 1 aliphatic rings. The lowest BCUT2D eigenvalue weighted by atomic mass is 10.1. The summed E-state index contributed by atoms with van der Waals surface area (Å²) in [5.74, 6) is -0.231. The topological polar surface area (TPSA) is 75.4 Å². The predicted octanol–water partition coefficient (Wildman–Crippen LogP) is 1.76. The molecule has 23 heavy (non-hydrogen) atoms. The third-order valence-electron chi connectivity index (χ3n) is 4.17. The number of nitrogens with zero attached hydrogens (tertiary/aromatic N) is 1. The maximum Gasteiger partial charge on any atom is 0.250 e. The summed E-state index contributed by atoms with van der Waals surface area (Å²) >= 11 is 0. The lowest BCUT2D eigenvalue weighted by molar-refractivity contribution is -0.123. The fraction of sp³-hybridized carbons (Fsp3) is 0.444. The summed E-state index contributed by atoms with van der Waals surface area (Å²) in [6.07, 6.45) is 5.49. The number of hydrogen-bond acceptors (Lipinski definition) is 3. The predicted molar refractivity (Wildman–Crippen MR) is 92.1 cm³/mol. The number of anilines is 1. The van der Waals surface area contributed by atoms with Gasteiger partial charge in [-0.15, -0.1) is 0 Å². The molecular formula is C18H25N3O2. The number of fused-ring (bicyclic) bond motifs is 1.